The Morgan fingerprint density at radius 1 is 1.40 bits per heavy atom. The minimum absolute atomic E-state index is 0.116. The largest absolute Gasteiger partial charge is 0.333 e. The maximum atomic E-state index is 6.34. The zero-order valence-corrected chi connectivity index (χ0v) is 13.3. The van der Waals surface area contributed by atoms with Gasteiger partial charge in [-0.25, -0.2) is 4.98 Å². The summed E-state index contributed by atoms with van der Waals surface area (Å²) in [6, 6.07) is 6.03. The molecule has 0 bridgehead atoms. The average Bonchev–Trinajstić information content (AvgIpc) is 2.91. The fourth-order valence-electron chi connectivity index (χ4n) is 2.70. The van der Waals surface area contributed by atoms with Crippen LogP contribution in [0.5, 0.6) is 0 Å². The third kappa shape index (κ3) is 2.63. The number of nitrogens with zero attached hydrogens (tertiary/aromatic N) is 3. The first-order chi connectivity index (χ1) is 9.69. The van der Waals surface area contributed by atoms with Gasteiger partial charge >= 0.3 is 0 Å². The molecule has 0 saturated heterocycles. The number of aromatic nitrogens is 2. The molecule has 1 aliphatic heterocycles. The highest BCUT2D eigenvalue weighted by Gasteiger charge is 2.25. The molecule has 0 amide bonds. The maximum absolute atomic E-state index is 6.34. The second-order valence-corrected chi connectivity index (χ2v) is 6.25. The van der Waals surface area contributed by atoms with Crippen molar-refractivity contribution in [1.29, 1.82) is 0 Å². The van der Waals surface area contributed by atoms with Gasteiger partial charge in [-0.05, 0) is 23.8 Å². The molecule has 3 rings (SSSR count). The van der Waals surface area contributed by atoms with Gasteiger partial charge in [0.15, 0.2) is 0 Å². The third-order valence-electron chi connectivity index (χ3n) is 3.76. The predicted octanol–water partition coefficient (Wildman–Crippen LogP) is 2.81. The Balaban J connectivity index is 1.89. The zero-order valence-electron chi connectivity index (χ0n) is 11.0. The first-order valence-electron chi connectivity index (χ1n) is 6.58. The van der Waals surface area contributed by atoms with Crippen molar-refractivity contribution in [3.05, 3.63) is 51.5 Å². The summed E-state index contributed by atoms with van der Waals surface area (Å²) in [5.41, 5.74) is 7.08. The van der Waals surface area contributed by atoms with Gasteiger partial charge in [0.2, 0.25) is 0 Å². The van der Waals surface area contributed by atoms with Crippen LogP contribution in [-0.4, -0.2) is 27.5 Å². The van der Waals surface area contributed by atoms with Crippen molar-refractivity contribution in [2.75, 3.05) is 13.1 Å². The van der Waals surface area contributed by atoms with Crippen molar-refractivity contribution >= 4 is 27.5 Å². The molecular formula is C14H16BrClN4. The number of fused-ring (bicyclic) bond motifs is 1. The van der Waals surface area contributed by atoms with E-state index in [0.717, 1.165) is 40.5 Å². The average molecular weight is 356 g/mol. The van der Waals surface area contributed by atoms with Crippen molar-refractivity contribution in [2.24, 2.45) is 5.73 Å². The number of rotatable bonds is 3. The summed E-state index contributed by atoms with van der Waals surface area (Å²) in [6.07, 6.45) is 3.87. The number of hydrogen-bond acceptors (Lipinski definition) is 3. The summed E-state index contributed by atoms with van der Waals surface area (Å²) in [5.74, 6) is 1.08. The molecule has 0 aliphatic carbocycles. The predicted molar refractivity (Wildman–Crippen MR) is 83.6 cm³/mol. The van der Waals surface area contributed by atoms with Gasteiger partial charge in [0.05, 0.1) is 6.54 Å². The number of nitrogens with two attached hydrogens (primary N) is 1. The standard InChI is InChI=1S/C14H16BrClN4/c15-10-1-2-12(16)11(7-10)13(8-17)20-6-5-19-4-3-18-14(19)9-20/h1-4,7,13H,5-6,8-9,17H2. The van der Waals surface area contributed by atoms with Crippen molar-refractivity contribution in [2.45, 2.75) is 19.1 Å². The molecule has 2 aromatic rings. The van der Waals surface area contributed by atoms with E-state index in [1.165, 1.54) is 0 Å². The SMILES string of the molecule is NCC(c1cc(Br)ccc1Cl)N1CCn2ccnc2C1. The van der Waals surface area contributed by atoms with Crippen LogP contribution in [-0.2, 0) is 13.1 Å². The second kappa shape index (κ2) is 5.85. The molecule has 0 saturated carbocycles. The van der Waals surface area contributed by atoms with E-state index in [1.54, 1.807) is 0 Å². The van der Waals surface area contributed by atoms with E-state index in [2.05, 4.69) is 36.4 Å². The number of halogens is 2. The van der Waals surface area contributed by atoms with Crippen molar-refractivity contribution in [3.63, 3.8) is 0 Å². The van der Waals surface area contributed by atoms with E-state index in [9.17, 15) is 0 Å². The highest BCUT2D eigenvalue weighted by Crippen LogP contribution is 2.31. The van der Waals surface area contributed by atoms with Crippen LogP contribution in [0.25, 0.3) is 0 Å². The number of benzene rings is 1. The van der Waals surface area contributed by atoms with E-state index in [1.807, 2.05) is 24.5 Å². The number of imidazole rings is 1. The molecule has 106 valence electrons. The highest BCUT2D eigenvalue weighted by atomic mass is 79.9. The van der Waals surface area contributed by atoms with Crippen LogP contribution in [0.1, 0.15) is 17.4 Å². The molecular weight excluding hydrogens is 340 g/mol. The third-order valence-corrected chi connectivity index (χ3v) is 4.59. The van der Waals surface area contributed by atoms with E-state index in [0.29, 0.717) is 6.54 Å². The Hall–Kier alpha value is -0.880. The van der Waals surface area contributed by atoms with Crippen LogP contribution in [0.2, 0.25) is 5.02 Å². The molecule has 1 aromatic heterocycles. The van der Waals surface area contributed by atoms with Crippen molar-refractivity contribution < 1.29 is 0 Å². The minimum Gasteiger partial charge on any atom is -0.333 e. The van der Waals surface area contributed by atoms with Gasteiger partial charge in [0.1, 0.15) is 5.82 Å². The summed E-state index contributed by atoms with van der Waals surface area (Å²) in [6.45, 7) is 3.24. The lowest BCUT2D eigenvalue weighted by Crippen LogP contribution is -2.39. The van der Waals surface area contributed by atoms with Crippen LogP contribution in [0.15, 0.2) is 35.1 Å². The first-order valence-corrected chi connectivity index (χ1v) is 7.75. The molecule has 2 N–H and O–H groups in total. The molecule has 0 radical (unpaired) electrons. The minimum atomic E-state index is 0.116. The van der Waals surface area contributed by atoms with Crippen LogP contribution < -0.4 is 5.73 Å². The van der Waals surface area contributed by atoms with Crippen molar-refractivity contribution in [3.8, 4) is 0 Å². The fourth-order valence-corrected chi connectivity index (χ4v) is 3.32. The molecule has 6 heteroatoms. The van der Waals surface area contributed by atoms with E-state index in [4.69, 9.17) is 17.3 Å². The van der Waals surface area contributed by atoms with E-state index < -0.39 is 0 Å². The topological polar surface area (TPSA) is 47.1 Å². The van der Waals surface area contributed by atoms with Gasteiger partial charge in [-0.15, -0.1) is 0 Å². The van der Waals surface area contributed by atoms with Crippen LogP contribution >= 0.6 is 27.5 Å². The quantitative estimate of drug-likeness (QED) is 0.921. The lowest BCUT2D eigenvalue weighted by atomic mass is 10.0. The summed E-state index contributed by atoms with van der Waals surface area (Å²) in [5, 5.41) is 0.762. The summed E-state index contributed by atoms with van der Waals surface area (Å²) in [7, 11) is 0. The molecule has 1 atom stereocenters. The first kappa shape index (κ1) is 14.1. The van der Waals surface area contributed by atoms with E-state index in [-0.39, 0.29) is 6.04 Å². The van der Waals surface area contributed by atoms with Gasteiger partial charge in [0.25, 0.3) is 0 Å². The van der Waals surface area contributed by atoms with Crippen molar-refractivity contribution in [1.82, 2.24) is 14.5 Å². The Morgan fingerprint density at radius 3 is 3.05 bits per heavy atom. The molecule has 0 fully saturated rings. The molecule has 0 spiro atoms. The van der Waals surface area contributed by atoms with Gasteiger partial charge < -0.3 is 10.3 Å². The second-order valence-electron chi connectivity index (χ2n) is 4.92. The Labute approximate surface area is 131 Å². The Morgan fingerprint density at radius 2 is 2.25 bits per heavy atom. The molecule has 1 unspecified atom stereocenters. The Kier molecular flexibility index (Phi) is 4.12. The summed E-state index contributed by atoms with van der Waals surface area (Å²) in [4.78, 5) is 6.74. The molecule has 1 aliphatic rings. The van der Waals surface area contributed by atoms with Gasteiger partial charge in [-0.1, -0.05) is 27.5 Å². The highest BCUT2D eigenvalue weighted by molar-refractivity contribution is 9.10. The smallest absolute Gasteiger partial charge is 0.122 e. The zero-order chi connectivity index (χ0) is 14.1. The summed E-state index contributed by atoms with van der Waals surface area (Å²) >= 11 is 9.85. The molecule has 2 heterocycles. The lowest BCUT2D eigenvalue weighted by molar-refractivity contribution is 0.156. The van der Waals surface area contributed by atoms with Crippen LogP contribution in [0, 0.1) is 0 Å². The maximum Gasteiger partial charge on any atom is 0.122 e. The number of hydrogen-bond donors (Lipinski definition) is 1. The monoisotopic (exact) mass is 354 g/mol. The summed E-state index contributed by atoms with van der Waals surface area (Å²) < 4.78 is 3.21. The lowest BCUT2D eigenvalue weighted by Gasteiger charge is -2.34. The molecule has 20 heavy (non-hydrogen) atoms. The molecule has 4 nitrogen and oxygen atoms in total. The van der Waals surface area contributed by atoms with Gasteiger partial charge in [-0.3, -0.25) is 4.90 Å². The molecule has 1 aromatic carbocycles. The Bertz CT molecular complexity index is 613. The van der Waals surface area contributed by atoms with Crippen LogP contribution in [0.4, 0.5) is 0 Å². The van der Waals surface area contributed by atoms with E-state index >= 15 is 0 Å². The van der Waals surface area contributed by atoms with Gasteiger partial charge in [0, 0.05) is 47.6 Å². The normalized spacial score (nSPS) is 16.9. The fraction of sp³-hybridized carbons (Fsp3) is 0.357. The van der Waals surface area contributed by atoms with Crippen LogP contribution in [0.3, 0.4) is 0 Å². The van der Waals surface area contributed by atoms with Gasteiger partial charge in [-0.2, -0.15) is 0 Å².